The second-order valence-electron chi connectivity index (χ2n) is 8.77. The van der Waals surface area contributed by atoms with Crippen molar-refractivity contribution in [1.82, 2.24) is 0 Å². The number of aliphatic hydroxyl groups is 1. The number of aliphatic hydroxyl groups excluding tert-OH is 1. The molecule has 3 atom stereocenters. The van der Waals surface area contributed by atoms with Crippen molar-refractivity contribution < 1.29 is 9.84 Å². The largest absolute Gasteiger partial charge is 0.386 e. The fourth-order valence-corrected chi connectivity index (χ4v) is 3.09. The zero-order valence-corrected chi connectivity index (χ0v) is 17.6. The van der Waals surface area contributed by atoms with E-state index in [2.05, 4.69) is 52.0 Å². The molecule has 1 rings (SSSR count). The molecule has 26 heavy (non-hydrogen) atoms. The number of rotatable bonds is 14. The van der Waals surface area contributed by atoms with E-state index >= 15 is 0 Å². The van der Waals surface area contributed by atoms with Crippen molar-refractivity contribution in [3.05, 3.63) is 36.5 Å². The number of ether oxygens (including phenoxy) is 1. The fourth-order valence-electron chi connectivity index (χ4n) is 3.09. The van der Waals surface area contributed by atoms with Crippen LogP contribution in [0.4, 0.5) is 0 Å². The Balaban J connectivity index is 2.02. The molecule has 1 N–H and O–H groups in total. The van der Waals surface area contributed by atoms with E-state index in [-0.39, 0.29) is 12.2 Å². The molecule has 0 bridgehead atoms. The zero-order valence-electron chi connectivity index (χ0n) is 17.6. The van der Waals surface area contributed by atoms with E-state index in [1.807, 2.05) is 12.2 Å². The van der Waals surface area contributed by atoms with E-state index in [1.165, 1.54) is 44.9 Å². The molecule has 2 nitrogen and oxygen atoms in total. The third-order valence-corrected chi connectivity index (χ3v) is 4.81. The highest BCUT2D eigenvalue weighted by atomic mass is 16.6. The van der Waals surface area contributed by atoms with Crippen LogP contribution in [0.2, 0.25) is 0 Å². The second-order valence-corrected chi connectivity index (χ2v) is 8.77. The molecular formula is C24H42O2. The van der Waals surface area contributed by atoms with Crippen LogP contribution < -0.4 is 0 Å². The van der Waals surface area contributed by atoms with Crippen LogP contribution in [-0.2, 0) is 4.74 Å². The van der Waals surface area contributed by atoms with Crippen molar-refractivity contribution in [3.8, 4) is 0 Å². The highest BCUT2D eigenvalue weighted by molar-refractivity contribution is 5.04. The third-order valence-electron chi connectivity index (χ3n) is 4.81. The Morgan fingerprint density at radius 3 is 2.31 bits per heavy atom. The van der Waals surface area contributed by atoms with Gasteiger partial charge in [0.15, 0.2) is 0 Å². The van der Waals surface area contributed by atoms with Gasteiger partial charge in [-0.15, -0.1) is 0 Å². The minimum absolute atomic E-state index is 0.0240. The summed E-state index contributed by atoms with van der Waals surface area (Å²) >= 11 is 0. The molecule has 3 unspecified atom stereocenters. The smallest absolute Gasteiger partial charge is 0.114 e. The fraction of sp³-hybridized carbons (Fsp3) is 0.750. The van der Waals surface area contributed by atoms with E-state index in [0.717, 1.165) is 19.3 Å². The molecule has 0 spiro atoms. The van der Waals surface area contributed by atoms with Gasteiger partial charge in [-0.1, -0.05) is 89.8 Å². The lowest BCUT2D eigenvalue weighted by Crippen LogP contribution is -2.13. The standard InChI is InChI=1S/C24H42O2/c1-5-6-7-8-9-10-11-12-13-14-15-18-21(25)23-22(26-23)19-16-17-20-24(2,3)4/h9-10,12-13,15,18,21-23,25H,5-8,11,14,16-17,19-20H2,1-4H3/b10-9-,13-12-,18-15-. The summed E-state index contributed by atoms with van der Waals surface area (Å²) in [5.41, 5.74) is 0.421. The van der Waals surface area contributed by atoms with Gasteiger partial charge in [0.1, 0.15) is 12.2 Å². The molecule has 0 radical (unpaired) electrons. The molecular weight excluding hydrogens is 320 g/mol. The van der Waals surface area contributed by atoms with Gasteiger partial charge < -0.3 is 9.84 Å². The molecule has 1 aliphatic rings. The number of allylic oxidation sites excluding steroid dienone is 5. The third kappa shape index (κ3) is 12.5. The number of hydrogen-bond acceptors (Lipinski definition) is 2. The van der Waals surface area contributed by atoms with Gasteiger partial charge >= 0.3 is 0 Å². The zero-order chi connectivity index (χ0) is 19.3. The molecule has 0 aliphatic carbocycles. The van der Waals surface area contributed by atoms with Crippen LogP contribution in [0.15, 0.2) is 36.5 Å². The van der Waals surface area contributed by atoms with Crippen LogP contribution in [-0.4, -0.2) is 23.4 Å². The van der Waals surface area contributed by atoms with Crippen molar-refractivity contribution >= 4 is 0 Å². The summed E-state index contributed by atoms with van der Waals surface area (Å²) in [5, 5.41) is 10.1. The van der Waals surface area contributed by atoms with Crippen LogP contribution in [0.5, 0.6) is 0 Å². The van der Waals surface area contributed by atoms with Crippen LogP contribution in [0.1, 0.15) is 91.9 Å². The van der Waals surface area contributed by atoms with Gasteiger partial charge in [-0.25, -0.2) is 0 Å². The predicted octanol–water partition coefficient (Wildman–Crippen LogP) is 6.75. The average molecular weight is 363 g/mol. The Kier molecular flexibility index (Phi) is 11.9. The van der Waals surface area contributed by atoms with E-state index < -0.39 is 6.10 Å². The number of hydrogen-bond donors (Lipinski definition) is 1. The van der Waals surface area contributed by atoms with Gasteiger partial charge in [0.2, 0.25) is 0 Å². The average Bonchev–Trinajstić information content (AvgIpc) is 3.35. The monoisotopic (exact) mass is 362 g/mol. The minimum Gasteiger partial charge on any atom is -0.386 e. The maximum atomic E-state index is 10.1. The second kappa shape index (κ2) is 13.3. The Morgan fingerprint density at radius 2 is 1.62 bits per heavy atom. The normalized spacial score (nSPS) is 22.0. The number of epoxide rings is 1. The van der Waals surface area contributed by atoms with Gasteiger partial charge in [-0.05, 0) is 43.9 Å². The van der Waals surface area contributed by atoms with E-state index in [4.69, 9.17) is 4.74 Å². The van der Waals surface area contributed by atoms with Crippen molar-refractivity contribution in [2.24, 2.45) is 5.41 Å². The lowest BCUT2D eigenvalue weighted by molar-refractivity contribution is 0.177. The molecule has 150 valence electrons. The van der Waals surface area contributed by atoms with Crippen LogP contribution in [0.25, 0.3) is 0 Å². The predicted molar refractivity (Wildman–Crippen MR) is 113 cm³/mol. The van der Waals surface area contributed by atoms with E-state index in [9.17, 15) is 5.11 Å². The van der Waals surface area contributed by atoms with Crippen molar-refractivity contribution in [1.29, 1.82) is 0 Å². The van der Waals surface area contributed by atoms with Gasteiger partial charge in [-0.2, -0.15) is 0 Å². The molecule has 0 aromatic heterocycles. The van der Waals surface area contributed by atoms with Crippen LogP contribution in [0, 0.1) is 5.41 Å². The van der Waals surface area contributed by atoms with Crippen molar-refractivity contribution in [2.45, 2.75) is 110 Å². The summed E-state index contributed by atoms with van der Waals surface area (Å²) in [6.45, 7) is 9.10. The molecule has 0 amide bonds. The molecule has 1 aliphatic heterocycles. The molecule has 0 saturated carbocycles. The maximum Gasteiger partial charge on any atom is 0.114 e. The summed E-state index contributed by atoms with van der Waals surface area (Å²) in [7, 11) is 0. The molecule has 1 saturated heterocycles. The quantitative estimate of drug-likeness (QED) is 0.210. The Morgan fingerprint density at radius 1 is 0.923 bits per heavy atom. The summed E-state index contributed by atoms with van der Waals surface area (Å²) in [6, 6.07) is 0. The molecule has 1 fully saturated rings. The Labute approximate surface area is 162 Å². The minimum atomic E-state index is -0.450. The summed E-state index contributed by atoms with van der Waals surface area (Å²) < 4.78 is 5.63. The van der Waals surface area contributed by atoms with Crippen LogP contribution in [0.3, 0.4) is 0 Å². The first kappa shape index (κ1) is 23.2. The van der Waals surface area contributed by atoms with Gasteiger partial charge in [-0.3, -0.25) is 0 Å². The van der Waals surface area contributed by atoms with Crippen LogP contribution >= 0.6 is 0 Å². The maximum absolute atomic E-state index is 10.1. The lowest BCUT2D eigenvalue weighted by Gasteiger charge is -2.17. The summed E-state index contributed by atoms with van der Waals surface area (Å²) in [6.07, 6.45) is 24.5. The first-order chi connectivity index (χ1) is 12.4. The SMILES string of the molecule is CCCCC/C=C\C/C=C\C/C=C\C(O)C1OC1CCCCC(C)(C)C. The summed E-state index contributed by atoms with van der Waals surface area (Å²) in [4.78, 5) is 0. The van der Waals surface area contributed by atoms with E-state index in [0.29, 0.717) is 5.41 Å². The first-order valence-corrected chi connectivity index (χ1v) is 10.7. The molecule has 1 heterocycles. The Bertz CT molecular complexity index is 428. The molecule has 2 heteroatoms. The van der Waals surface area contributed by atoms with Crippen molar-refractivity contribution in [2.75, 3.05) is 0 Å². The molecule has 0 aromatic carbocycles. The van der Waals surface area contributed by atoms with Gasteiger partial charge in [0, 0.05) is 0 Å². The lowest BCUT2D eigenvalue weighted by atomic mass is 9.89. The highest BCUT2D eigenvalue weighted by Gasteiger charge is 2.42. The summed E-state index contributed by atoms with van der Waals surface area (Å²) in [5.74, 6) is 0. The van der Waals surface area contributed by atoms with Crippen molar-refractivity contribution in [3.63, 3.8) is 0 Å². The first-order valence-electron chi connectivity index (χ1n) is 10.7. The molecule has 0 aromatic rings. The Hall–Kier alpha value is -0.860. The van der Waals surface area contributed by atoms with Gasteiger partial charge in [0.25, 0.3) is 0 Å². The van der Waals surface area contributed by atoms with Gasteiger partial charge in [0.05, 0.1) is 6.10 Å². The topological polar surface area (TPSA) is 32.8 Å². The number of unbranched alkanes of at least 4 members (excludes halogenated alkanes) is 4. The van der Waals surface area contributed by atoms with E-state index in [1.54, 1.807) is 0 Å². The highest BCUT2D eigenvalue weighted by Crippen LogP contribution is 2.32.